The summed E-state index contributed by atoms with van der Waals surface area (Å²) in [6, 6.07) is 16.1. The molecule has 7 nitrogen and oxygen atoms in total. The van der Waals surface area contributed by atoms with Crippen molar-refractivity contribution in [3.8, 4) is 11.1 Å². The second kappa shape index (κ2) is 9.46. The smallest absolute Gasteiger partial charge is 0.256 e. The van der Waals surface area contributed by atoms with Crippen LogP contribution in [0.15, 0.2) is 67.3 Å². The van der Waals surface area contributed by atoms with Crippen molar-refractivity contribution in [2.45, 2.75) is 26.8 Å². The van der Waals surface area contributed by atoms with Crippen LogP contribution in [0.5, 0.6) is 0 Å². The zero-order valence-electron chi connectivity index (χ0n) is 19.8. The molecule has 2 amide bonds. The lowest BCUT2D eigenvalue weighted by atomic mass is 9.99. The largest absolute Gasteiger partial charge is 0.358 e. The molecule has 1 aliphatic heterocycles. The lowest BCUT2D eigenvalue weighted by molar-refractivity contribution is -0.110. The Morgan fingerprint density at radius 2 is 1.94 bits per heavy atom. The Balaban J connectivity index is 1.34. The van der Waals surface area contributed by atoms with Gasteiger partial charge in [0.25, 0.3) is 11.8 Å². The van der Waals surface area contributed by atoms with E-state index in [9.17, 15) is 9.59 Å². The molecule has 7 heteroatoms. The van der Waals surface area contributed by atoms with E-state index in [2.05, 4.69) is 20.6 Å². The van der Waals surface area contributed by atoms with Crippen molar-refractivity contribution in [2.75, 3.05) is 11.9 Å². The van der Waals surface area contributed by atoms with Gasteiger partial charge in [0.05, 0.1) is 17.5 Å². The van der Waals surface area contributed by atoms with E-state index in [1.807, 2.05) is 79.2 Å². The molecule has 0 spiro atoms. The van der Waals surface area contributed by atoms with E-state index in [4.69, 9.17) is 0 Å². The highest BCUT2D eigenvalue weighted by atomic mass is 16.2. The first kappa shape index (κ1) is 22.4. The van der Waals surface area contributed by atoms with E-state index in [1.165, 1.54) is 0 Å². The predicted molar refractivity (Wildman–Crippen MR) is 138 cm³/mol. The van der Waals surface area contributed by atoms with E-state index >= 15 is 0 Å². The van der Waals surface area contributed by atoms with Gasteiger partial charge in [0.2, 0.25) is 0 Å². The highest BCUT2D eigenvalue weighted by Crippen LogP contribution is 2.36. The first-order valence-electron chi connectivity index (χ1n) is 11.7. The average Bonchev–Trinajstić information content (AvgIpc) is 3.56. The van der Waals surface area contributed by atoms with Crippen molar-refractivity contribution in [3.63, 3.8) is 0 Å². The molecule has 2 aromatic heterocycles. The fourth-order valence-corrected chi connectivity index (χ4v) is 4.52. The molecule has 3 heterocycles. The third-order valence-electron chi connectivity index (χ3n) is 6.34. The number of carbonyl (C=O) groups is 2. The lowest BCUT2D eigenvalue weighted by Gasteiger charge is -2.07. The number of H-pyrrole nitrogens is 1. The van der Waals surface area contributed by atoms with Crippen LogP contribution in [0.2, 0.25) is 0 Å². The number of aryl methyl sites for hydroxylation is 2. The minimum atomic E-state index is -0.151. The van der Waals surface area contributed by atoms with Gasteiger partial charge in [-0.05, 0) is 49.1 Å². The number of hydrogen-bond acceptors (Lipinski definition) is 3. The molecule has 0 radical (unpaired) electrons. The number of rotatable bonds is 7. The summed E-state index contributed by atoms with van der Waals surface area (Å²) in [7, 11) is 0. The molecule has 0 aliphatic carbocycles. The number of nitrogens with one attached hydrogen (secondary N) is 3. The number of benzene rings is 2. The summed E-state index contributed by atoms with van der Waals surface area (Å²) >= 11 is 0. The molecular formula is C28H27N5O2. The Bertz CT molecular complexity index is 1420. The number of aromatic amines is 1. The molecular weight excluding hydrogens is 438 g/mol. The van der Waals surface area contributed by atoms with Crippen LogP contribution in [0.3, 0.4) is 0 Å². The first-order chi connectivity index (χ1) is 17.0. The van der Waals surface area contributed by atoms with Gasteiger partial charge < -0.3 is 20.2 Å². The van der Waals surface area contributed by atoms with Gasteiger partial charge in [-0.2, -0.15) is 0 Å². The van der Waals surface area contributed by atoms with Crippen LogP contribution in [0, 0.1) is 13.8 Å². The molecule has 0 atom stereocenters. The number of hydrogen-bond donors (Lipinski definition) is 3. The fourth-order valence-electron chi connectivity index (χ4n) is 4.52. The summed E-state index contributed by atoms with van der Waals surface area (Å²) in [6.07, 6.45) is 8.06. The van der Waals surface area contributed by atoms with Crippen molar-refractivity contribution in [2.24, 2.45) is 0 Å². The van der Waals surface area contributed by atoms with E-state index < -0.39 is 0 Å². The van der Waals surface area contributed by atoms with Gasteiger partial charge in [0, 0.05) is 48.1 Å². The zero-order chi connectivity index (χ0) is 24.4. The maximum atomic E-state index is 12.9. The van der Waals surface area contributed by atoms with Crippen molar-refractivity contribution in [1.82, 2.24) is 19.9 Å². The molecule has 4 aromatic rings. The normalized spacial score (nSPS) is 13.7. The summed E-state index contributed by atoms with van der Waals surface area (Å²) < 4.78 is 1.98. The molecule has 2 aromatic carbocycles. The van der Waals surface area contributed by atoms with Crippen LogP contribution in [0.1, 0.15) is 39.3 Å². The number of nitrogens with zero attached hydrogens (tertiary/aromatic N) is 2. The number of amides is 2. The van der Waals surface area contributed by atoms with E-state index in [0.29, 0.717) is 17.7 Å². The number of carbonyl (C=O) groups excluding carboxylic acids is 2. The minimum Gasteiger partial charge on any atom is -0.358 e. The number of fused-ring (bicyclic) bond motifs is 1. The molecule has 176 valence electrons. The second-order valence-corrected chi connectivity index (χ2v) is 8.71. The molecule has 5 rings (SSSR count). The number of imidazole rings is 1. The third-order valence-corrected chi connectivity index (χ3v) is 6.34. The third kappa shape index (κ3) is 4.53. The minimum absolute atomic E-state index is 0.115. The van der Waals surface area contributed by atoms with Crippen molar-refractivity contribution in [3.05, 3.63) is 95.3 Å². The van der Waals surface area contributed by atoms with Gasteiger partial charge in [-0.1, -0.05) is 42.5 Å². The molecule has 3 N–H and O–H groups in total. The summed E-state index contributed by atoms with van der Waals surface area (Å²) in [5.74, 6) is -0.266. The summed E-state index contributed by atoms with van der Waals surface area (Å²) in [6.45, 7) is 5.15. The SMILES string of the molecule is Cc1[nH]c(C=C2C(=O)Nc3cc(-c4ccccc4)ccc32)c(C)c1C(=O)NCCCn1ccnc1. The van der Waals surface area contributed by atoms with Gasteiger partial charge in [-0.3, -0.25) is 9.59 Å². The maximum Gasteiger partial charge on any atom is 0.256 e. The van der Waals surface area contributed by atoms with E-state index in [0.717, 1.165) is 52.3 Å². The van der Waals surface area contributed by atoms with Crippen LogP contribution in [0.4, 0.5) is 5.69 Å². The standard InChI is InChI=1S/C28H27N5O2/c1-18-24(31-19(2)26(18)28(35)30-11-6-13-33-14-12-29-17-33)16-23-22-10-9-21(15-25(22)32-27(23)34)20-7-4-3-5-8-20/h3-5,7-10,12,14-17,31H,6,11,13H2,1-2H3,(H,30,35)(H,32,34). The number of aromatic nitrogens is 3. The monoisotopic (exact) mass is 465 g/mol. The average molecular weight is 466 g/mol. The van der Waals surface area contributed by atoms with Crippen LogP contribution in [-0.4, -0.2) is 32.9 Å². The summed E-state index contributed by atoms with van der Waals surface area (Å²) in [5.41, 5.74) is 7.35. The Hall–Kier alpha value is -4.39. The second-order valence-electron chi connectivity index (χ2n) is 8.71. The quantitative estimate of drug-likeness (QED) is 0.270. The zero-order valence-corrected chi connectivity index (χ0v) is 19.8. The number of anilines is 1. The highest BCUT2D eigenvalue weighted by molar-refractivity contribution is 6.35. The van der Waals surface area contributed by atoms with Crippen LogP contribution >= 0.6 is 0 Å². The maximum absolute atomic E-state index is 12.9. The first-order valence-corrected chi connectivity index (χ1v) is 11.7. The topological polar surface area (TPSA) is 91.8 Å². The summed E-state index contributed by atoms with van der Waals surface area (Å²) in [5, 5.41) is 5.98. The van der Waals surface area contributed by atoms with Crippen LogP contribution in [0.25, 0.3) is 22.8 Å². The Morgan fingerprint density at radius 1 is 1.11 bits per heavy atom. The van der Waals surface area contributed by atoms with E-state index in [1.54, 1.807) is 12.5 Å². The van der Waals surface area contributed by atoms with Crippen molar-refractivity contribution >= 4 is 29.2 Å². The molecule has 0 bridgehead atoms. The Labute approximate surface area is 203 Å². The Morgan fingerprint density at radius 3 is 2.71 bits per heavy atom. The van der Waals surface area contributed by atoms with Gasteiger partial charge in [0.1, 0.15) is 0 Å². The summed E-state index contributed by atoms with van der Waals surface area (Å²) in [4.78, 5) is 33.0. The highest BCUT2D eigenvalue weighted by Gasteiger charge is 2.26. The van der Waals surface area contributed by atoms with E-state index in [-0.39, 0.29) is 11.8 Å². The Kier molecular flexibility index (Phi) is 6.06. The van der Waals surface area contributed by atoms with Gasteiger partial charge in [-0.25, -0.2) is 4.98 Å². The molecule has 35 heavy (non-hydrogen) atoms. The molecule has 0 unspecified atom stereocenters. The van der Waals surface area contributed by atoms with Crippen LogP contribution in [-0.2, 0) is 11.3 Å². The predicted octanol–water partition coefficient (Wildman–Crippen LogP) is 4.81. The van der Waals surface area contributed by atoms with Crippen molar-refractivity contribution in [1.29, 1.82) is 0 Å². The molecule has 0 saturated carbocycles. The van der Waals surface area contributed by atoms with Crippen LogP contribution < -0.4 is 10.6 Å². The van der Waals surface area contributed by atoms with Crippen molar-refractivity contribution < 1.29 is 9.59 Å². The van der Waals surface area contributed by atoms with Gasteiger partial charge in [-0.15, -0.1) is 0 Å². The molecule has 0 fully saturated rings. The lowest BCUT2D eigenvalue weighted by Crippen LogP contribution is -2.26. The van der Waals surface area contributed by atoms with Gasteiger partial charge in [0.15, 0.2) is 0 Å². The molecule has 0 saturated heterocycles. The fraction of sp³-hybridized carbons (Fsp3) is 0.179. The van der Waals surface area contributed by atoms with Gasteiger partial charge >= 0.3 is 0 Å². The molecule has 1 aliphatic rings.